The number of nitrogens with zero attached hydrogens (tertiary/aromatic N) is 1. The van der Waals surface area contributed by atoms with Crippen LogP contribution in [-0.2, 0) is 10.2 Å². The molecule has 1 aliphatic heterocycles. The van der Waals surface area contributed by atoms with Gasteiger partial charge in [0, 0.05) is 16.1 Å². The lowest BCUT2D eigenvalue weighted by Crippen LogP contribution is -2.34. The number of carbonyl (C=O) groups is 1. The predicted molar refractivity (Wildman–Crippen MR) is 100 cm³/mol. The summed E-state index contributed by atoms with van der Waals surface area (Å²) < 4.78 is 0. The Morgan fingerprint density at radius 3 is 2.83 bits per heavy atom. The lowest BCUT2D eigenvalue weighted by molar-refractivity contribution is -0.120. The van der Waals surface area contributed by atoms with E-state index in [4.69, 9.17) is 11.6 Å². The van der Waals surface area contributed by atoms with Crippen molar-refractivity contribution in [2.75, 3.05) is 18.4 Å². The fourth-order valence-electron chi connectivity index (χ4n) is 2.90. The molecule has 1 aliphatic rings. The Balaban J connectivity index is 1.71. The van der Waals surface area contributed by atoms with Crippen molar-refractivity contribution in [1.29, 1.82) is 0 Å². The molecule has 1 fully saturated rings. The average molecular weight is 364 g/mol. The maximum atomic E-state index is 12.7. The molecule has 0 saturated carbocycles. The number of aromatic nitrogens is 1. The lowest BCUT2D eigenvalue weighted by Gasteiger charge is -2.23. The second kappa shape index (κ2) is 7.21. The van der Waals surface area contributed by atoms with Crippen LogP contribution in [0.15, 0.2) is 30.5 Å². The number of hydrogen-bond acceptors (Lipinski definition) is 4. The summed E-state index contributed by atoms with van der Waals surface area (Å²) in [5.74, 6) is 0.478. The van der Waals surface area contributed by atoms with Gasteiger partial charge < -0.3 is 10.6 Å². The highest BCUT2D eigenvalue weighted by Crippen LogP contribution is 2.33. The highest BCUT2D eigenvalue weighted by atomic mass is 35.5. The molecule has 4 nitrogen and oxygen atoms in total. The van der Waals surface area contributed by atoms with E-state index in [0.29, 0.717) is 16.1 Å². The van der Waals surface area contributed by atoms with Crippen LogP contribution in [0.3, 0.4) is 0 Å². The van der Waals surface area contributed by atoms with Crippen LogP contribution in [0, 0.1) is 0 Å². The van der Waals surface area contributed by atoms with Gasteiger partial charge in [-0.2, -0.15) is 0 Å². The van der Waals surface area contributed by atoms with Crippen LogP contribution >= 0.6 is 22.9 Å². The van der Waals surface area contributed by atoms with E-state index in [0.717, 1.165) is 31.5 Å². The number of benzene rings is 1. The maximum Gasteiger partial charge on any atom is 0.236 e. The standard InChI is InChI=1S/C18H22ClN3OS/c1-18(2,13-4-3-5-14(19)10-13)16(23)22-17-21-11-15(24-17)12-6-8-20-9-7-12/h3-5,10-12,20H,6-9H2,1-2H3,(H,21,22,23). The molecule has 1 saturated heterocycles. The Morgan fingerprint density at radius 1 is 1.38 bits per heavy atom. The van der Waals surface area contributed by atoms with Crippen LogP contribution in [-0.4, -0.2) is 24.0 Å². The van der Waals surface area contributed by atoms with Crippen LogP contribution in [0.2, 0.25) is 5.02 Å². The minimum atomic E-state index is -0.675. The molecule has 0 atom stereocenters. The first-order valence-electron chi connectivity index (χ1n) is 8.21. The summed E-state index contributed by atoms with van der Waals surface area (Å²) in [7, 11) is 0. The lowest BCUT2D eigenvalue weighted by atomic mass is 9.84. The fourth-order valence-corrected chi connectivity index (χ4v) is 4.07. The minimum absolute atomic E-state index is 0.0732. The van der Waals surface area contributed by atoms with E-state index in [-0.39, 0.29) is 5.91 Å². The molecule has 128 valence electrons. The van der Waals surface area contributed by atoms with Gasteiger partial charge in [0.2, 0.25) is 5.91 Å². The van der Waals surface area contributed by atoms with Crippen LogP contribution < -0.4 is 10.6 Å². The van der Waals surface area contributed by atoms with Gasteiger partial charge in [-0.3, -0.25) is 4.79 Å². The van der Waals surface area contributed by atoms with Crippen LogP contribution in [0.1, 0.15) is 43.0 Å². The summed E-state index contributed by atoms with van der Waals surface area (Å²) in [4.78, 5) is 18.4. The Hall–Kier alpha value is -1.43. The van der Waals surface area contributed by atoms with Crippen molar-refractivity contribution in [1.82, 2.24) is 10.3 Å². The number of hydrogen-bond donors (Lipinski definition) is 2. The summed E-state index contributed by atoms with van der Waals surface area (Å²) in [6.45, 7) is 5.89. The minimum Gasteiger partial charge on any atom is -0.317 e. The summed E-state index contributed by atoms with van der Waals surface area (Å²) >= 11 is 7.64. The molecule has 0 bridgehead atoms. The zero-order valence-electron chi connectivity index (χ0n) is 13.9. The number of carbonyl (C=O) groups excluding carboxylic acids is 1. The molecule has 1 aromatic heterocycles. The molecule has 3 rings (SSSR count). The van der Waals surface area contributed by atoms with Gasteiger partial charge >= 0.3 is 0 Å². The van der Waals surface area contributed by atoms with Gasteiger partial charge in [0.15, 0.2) is 5.13 Å². The second-order valence-corrected chi connectivity index (χ2v) is 8.18. The Labute approximate surface area is 151 Å². The topological polar surface area (TPSA) is 54.0 Å². The van der Waals surface area contributed by atoms with Crippen LogP contribution in [0.25, 0.3) is 0 Å². The van der Waals surface area contributed by atoms with Crippen molar-refractivity contribution < 1.29 is 4.79 Å². The molecular weight excluding hydrogens is 342 g/mol. The Bertz CT molecular complexity index is 723. The highest BCUT2D eigenvalue weighted by molar-refractivity contribution is 7.15. The SMILES string of the molecule is CC(C)(C(=O)Nc1ncc(C2CCNCC2)s1)c1cccc(Cl)c1. The van der Waals surface area contributed by atoms with Crippen LogP contribution in [0.5, 0.6) is 0 Å². The van der Waals surface area contributed by atoms with Crippen molar-refractivity contribution in [3.63, 3.8) is 0 Å². The summed E-state index contributed by atoms with van der Waals surface area (Å²) in [6, 6.07) is 7.44. The molecule has 2 aromatic rings. The molecule has 24 heavy (non-hydrogen) atoms. The van der Waals surface area contributed by atoms with Gasteiger partial charge in [-0.25, -0.2) is 4.98 Å². The maximum absolute atomic E-state index is 12.7. The van der Waals surface area contributed by atoms with Crippen molar-refractivity contribution in [2.24, 2.45) is 0 Å². The second-order valence-electron chi connectivity index (χ2n) is 6.68. The predicted octanol–water partition coefficient (Wildman–Crippen LogP) is 4.18. The number of piperidine rings is 1. The first-order chi connectivity index (χ1) is 11.5. The first kappa shape index (κ1) is 17.4. The number of thiazole rings is 1. The molecule has 0 spiro atoms. The van der Waals surface area contributed by atoms with E-state index >= 15 is 0 Å². The normalized spacial score (nSPS) is 16.1. The van der Waals surface area contributed by atoms with Gasteiger partial charge in [0.05, 0.1) is 5.41 Å². The smallest absolute Gasteiger partial charge is 0.236 e. The molecule has 2 N–H and O–H groups in total. The molecule has 1 amide bonds. The summed E-state index contributed by atoms with van der Waals surface area (Å²) in [6.07, 6.45) is 4.16. The van der Waals surface area contributed by atoms with E-state index < -0.39 is 5.41 Å². The van der Waals surface area contributed by atoms with Gasteiger partial charge in [-0.15, -0.1) is 11.3 Å². The van der Waals surface area contributed by atoms with Crippen molar-refractivity contribution in [3.05, 3.63) is 45.9 Å². The zero-order valence-corrected chi connectivity index (χ0v) is 15.5. The van der Waals surface area contributed by atoms with Crippen molar-refractivity contribution in [2.45, 2.75) is 38.0 Å². The first-order valence-corrected chi connectivity index (χ1v) is 9.40. The third kappa shape index (κ3) is 3.79. The monoisotopic (exact) mass is 363 g/mol. The van der Waals surface area contributed by atoms with E-state index in [1.54, 1.807) is 11.3 Å². The molecule has 6 heteroatoms. The molecule has 1 aromatic carbocycles. The Kier molecular flexibility index (Phi) is 5.23. The van der Waals surface area contributed by atoms with Crippen molar-refractivity contribution in [3.8, 4) is 0 Å². The van der Waals surface area contributed by atoms with E-state index in [9.17, 15) is 4.79 Å². The van der Waals surface area contributed by atoms with Gasteiger partial charge in [0.1, 0.15) is 0 Å². The number of anilines is 1. The largest absolute Gasteiger partial charge is 0.317 e. The fraction of sp³-hybridized carbons (Fsp3) is 0.444. The zero-order chi connectivity index (χ0) is 17.2. The van der Waals surface area contributed by atoms with Gasteiger partial charge in [-0.05, 0) is 63.4 Å². The van der Waals surface area contributed by atoms with Gasteiger partial charge in [-0.1, -0.05) is 23.7 Å². The third-order valence-corrected chi connectivity index (χ3v) is 5.91. The summed E-state index contributed by atoms with van der Waals surface area (Å²) in [5.41, 5.74) is 0.216. The molecule has 0 unspecified atom stereocenters. The highest BCUT2D eigenvalue weighted by Gasteiger charge is 2.31. The van der Waals surface area contributed by atoms with E-state index in [1.165, 1.54) is 4.88 Å². The van der Waals surface area contributed by atoms with E-state index in [2.05, 4.69) is 15.6 Å². The number of nitrogens with one attached hydrogen (secondary N) is 2. The average Bonchev–Trinajstić information content (AvgIpc) is 3.04. The molecule has 0 radical (unpaired) electrons. The van der Waals surface area contributed by atoms with E-state index in [1.807, 2.05) is 44.3 Å². The number of amides is 1. The Morgan fingerprint density at radius 2 is 2.12 bits per heavy atom. The number of rotatable bonds is 4. The van der Waals surface area contributed by atoms with Crippen molar-refractivity contribution >= 4 is 34.0 Å². The molecule has 0 aliphatic carbocycles. The quantitative estimate of drug-likeness (QED) is 0.856. The molecular formula is C18H22ClN3OS. The van der Waals surface area contributed by atoms with Crippen LogP contribution in [0.4, 0.5) is 5.13 Å². The number of halogens is 1. The van der Waals surface area contributed by atoms with Gasteiger partial charge in [0.25, 0.3) is 0 Å². The summed E-state index contributed by atoms with van der Waals surface area (Å²) in [5, 5.41) is 7.64. The third-order valence-electron chi connectivity index (χ3n) is 4.60. The molecule has 2 heterocycles.